The van der Waals surface area contributed by atoms with Gasteiger partial charge in [-0.1, -0.05) is 30.3 Å². The summed E-state index contributed by atoms with van der Waals surface area (Å²) in [6.07, 6.45) is 0. The zero-order valence-electron chi connectivity index (χ0n) is 10.1. The van der Waals surface area contributed by atoms with Crippen molar-refractivity contribution in [3.63, 3.8) is 0 Å². The summed E-state index contributed by atoms with van der Waals surface area (Å²) < 4.78 is 0. The van der Waals surface area contributed by atoms with E-state index in [0.717, 1.165) is 5.56 Å². The van der Waals surface area contributed by atoms with Crippen LogP contribution in [-0.2, 0) is 0 Å². The van der Waals surface area contributed by atoms with Gasteiger partial charge in [-0.05, 0) is 13.0 Å². The SMILES string of the molecule is CCNc1nc(C(N)=O)cc(-c2ccccc2)n1. The maximum absolute atomic E-state index is 11.2. The number of nitrogens with two attached hydrogens (primary N) is 1. The zero-order chi connectivity index (χ0) is 13.0. The second kappa shape index (κ2) is 5.27. The summed E-state index contributed by atoms with van der Waals surface area (Å²) in [5, 5.41) is 2.98. The Bertz CT molecular complexity index is 554. The number of rotatable bonds is 4. The molecule has 0 aliphatic carbocycles. The van der Waals surface area contributed by atoms with Crippen molar-refractivity contribution < 1.29 is 4.79 Å². The largest absolute Gasteiger partial charge is 0.364 e. The van der Waals surface area contributed by atoms with Crippen LogP contribution in [0.5, 0.6) is 0 Å². The van der Waals surface area contributed by atoms with Gasteiger partial charge in [0.15, 0.2) is 0 Å². The van der Waals surface area contributed by atoms with Crippen LogP contribution in [0.2, 0.25) is 0 Å². The van der Waals surface area contributed by atoms with E-state index >= 15 is 0 Å². The average molecular weight is 242 g/mol. The Balaban J connectivity index is 2.50. The normalized spacial score (nSPS) is 10.1. The lowest BCUT2D eigenvalue weighted by Gasteiger charge is -2.07. The van der Waals surface area contributed by atoms with Crippen molar-refractivity contribution in [3.8, 4) is 11.3 Å². The molecule has 0 aliphatic rings. The maximum Gasteiger partial charge on any atom is 0.267 e. The van der Waals surface area contributed by atoms with Gasteiger partial charge in [0.25, 0.3) is 5.91 Å². The van der Waals surface area contributed by atoms with Crippen LogP contribution in [-0.4, -0.2) is 22.4 Å². The number of nitrogens with zero attached hydrogens (tertiary/aromatic N) is 2. The molecule has 1 amide bonds. The van der Waals surface area contributed by atoms with Gasteiger partial charge in [-0.15, -0.1) is 0 Å². The first-order valence-corrected chi connectivity index (χ1v) is 5.69. The molecule has 2 aromatic rings. The fourth-order valence-corrected chi connectivity index (χ4v) is 1.57. The number of anilines is 1. The molecule has 0 radical (unpaired) electrons. The van der Waals surface area contributed by atoms with Crippen LogP contribution in [0.3, 0.4) is 0 Å². The third-order valence-corrected chi connectivity index (χ3v) is 2.38. The molecule has 5 heteroatoms. The molecule has 0 atom stereocenters. The fourth-order valence-electron chi connectivity index (χ4n) is 1.57. The molecule has 0 aliphatic heterocycles. The molecule has 3 N–H and O–H groups in total. The minimum absolute atomic E-state index is 0.208. The van der Waals surface area contributed by atoms with Crippen molar-refractivity contribution in [2.45, 2.75) is 6.92 Å². The number of hydrogen-bond donors (Lipinski definition) is 2. The third-order valence-electron chi connectivity index (χ3n) is 2.38. The lowest BCUT2D eigenvalue weighted by atomic mass is 10.1. The lowest BCUT2D eigenvalue weighted by molar-refractivity contribution is 0.0995. The van der Waals surface area contributed by atoms with Crippen LogP contribution in [0.15, 0.2) is 36.4 Å². The van der Waals surface area contributed by atoms with E-state index in [1.165, 1.54) is 0 Å². The summed E-state index contributed by atoms with van der Waals surface area (Å²) in [6, 6.07) is 11.2. The number of aromatic nitrogens is 2. The van der Waals surface area contributed by atoms with E-state index in [1.807, 2.05) is 37.3 Å². The highest BCUT2D eigenvalue weighted by Crippen LogP contribution is 2.18. The molecule has 1 aromatic carbocycles. The molecule has 5 nitrogen and oxygen atoms in total. The number of benzene rings is 1. The van der Waals surface area contributed by atoms with Gasteiger partial charge in [0.05, 0.1) is 5.69 Å². The number of nitrogens with one attached hydrogen (secondary N) is 1. The van der Waals surface area contributed by atoms with E-state index in [4.69, 9.17) is 5.73 Å². The summed E-state index contributed by atoms with van der Waals surface area (Å²) in [7, 11) is 0. The van der Waals surface area contributed by atoms with Crippen LogP contribution in [0.25, 0.3) is 11.3 Å². The molecule has 0 bridgehead atoms. The van der Waals surface area contributed by atoms with Crippen LogP contribution >= 0.6 is 0 Å². The highest BCUT2D eigenvalue weighted by atomic mass is 16.1. The zero-order valence-corrected chi connectivity index (χ0v) is 10.1. The lowest BCUT2D eigenvalue weighted by Crippen LogP contribution is -2.15. The number of hydrogen-bond acceptors (Lipinski definition) is 4. The van der Waals surface area contributed by atoms with Crippen molar-refractivity contribution in [2.24, 2.45) is 5.73 Å². The summed E-state index contributed by atoms with van der Waals surface area (Å²) in [4.78, 5) is 19.6. The maximum atomic E-state index is 11.2. The van der Waals surface area contributed by atoms with Crippen molar-refractivity contribution in [2.75, 3.05) is 11.9 Å². The first-order chi connectivity index (χ1) is 8.70. The highest BCUT2D eigenvalue weighted by molar-refractivity contribution is 5.92. The molecule has 2 rings (SSSR count). The fraction of sp³-hybridized carbons (Fsp3) is 0.154. The molecule has 0 fully saturated rings. The van der Waals surface area contributed by atoms with Crippen LogP contribution in [0, 0.1) is 0 Å². The second-order valence-corrected chi connectivity index (χ2v) is 3.72. The minimum atomic E-state index is -0.561. The van der Waals surface area contributed by atoms with E-state index in [9.17, 15) is 4.79 Å². The van der Waals surface area contributed by atoms with Gasteiger partial charge < -0.3 is 11.1 Å². The van der Waals surface area contributed by atoms with Gasteiger partial charge in [-0.25, -0.2) is 9.97 Å². The Kier molecular flexibility index (Phi) is 3.52. The van der Waals surface area contributed by atoms with Crippen molar-refractivity contribution in [1.82, 2.24) is 9.97 Å². The average Bonchev–Trinajstić information content (AvgIpc) is 2.40. The number of amides is 1. The van der Waals surface area contributed by atoms with Crippen molar-refractivity contribution in [3.05, 3.63) is 42.1 Å². The standard InChI is InChI=1S/C13H14N4O/c1-2-15-13-16-10(8-11(17-13)12(14)18)9-6-4-3-5-7-9/h3-8H,2H2,1H3,(H2,14,18)(H,15,16,17). The Hall–Kier alpha value is -2.43. The summed E-state index contributed by atoms with van der Waals surface area (Å²) in [6.45, 7) is 2.61. The van der Waals surface area contributed by atoms with Gasteiger partial charge in [-0.3, -0.25) is 4.79 Å². The quantitative estimate of drug-likeness (QED) is 0.854. The van der Waals surface area contributed by atoms with Crippen LogP contribution in [0.1, 0.15) is 17.4 Å². The predicted octanol–water partition coefficient (Wildman–Crippen LogP) is 1.67. The third kappa shape index (κ3) is 2.63. The summed E-state index contributed by atoms with van der Waals surface area (Å²) in [5.74, 6) is -0.151. The first-order valence-electron chi connectivity index (χ1n) is 5.69. The Morgan fingerprint density at radius 2 is 2.00 bits per heavy atom. The Labute approximate surface area is 105 Å². The van der Waals surface area contributed by atoms with E-state index in [1.54, 1.807) is 6.07 Å². The van der Waals surface area contributed by atoms with Gasteiger partial charge in [-0.2, -0.15) is 0 Å². The van der Waals surface area contributed by atoms with E-state index < -0.39 is 5.91 Å². The summed E-state index contributed by atoms with van der Waals surface area (Å²) >= 11 is 0. The van der Waals surface area contributed by atoms with Crippen LogP contribution < -0.4 is 11.1 Å². The van der Waals surface area contributed by atoms with Crippen molar-refractivity contribution in [1.29, 1.82) is 0 Å². The minimum Gasteiger partial charge on any atom is -0.364 e. The summed E-state index contributed by atoms with van der Waals surface area (Å²) in [5.41, 5.74) is 7.07. The molecule has 1 aromatic heterocycles. The molecule has 0 saturated heterocycles. The predicted molar refractivity (Wildman–Crippen MR) is 70.1 cm³/mol. The molecule has 92 valence electrons. The van der Waals surface area contributed by atoms with E-state index in [-0.39, 0.29) is 5.69 Å². The highest BCUT2D eigenvalue weighted by Gasteiger charge is 2.09. The van der Waals surface area contributed by atoms with Gasteiger partial charge in [0.1, 0.15) is 5.69 Å². The topological polar surface area (TPSA) is 80.9 Å². The Morgan fingerprint density at radius 3 is 2.61 bits per heavy atom. The second-order valence-electron chi connectivity index (χ2n) is 3.72. The van der Waals surface area contributed by atoms with Crippen molar-refractivity contribution >= 4 is 11.9 Å². The number of carbonyl (C=O) groups excluding carboxylic acids is 1. The van der Waals surface area contributed by atoms with Gasteiger partial charge in [0, 0.05) is 12.1 Å². The monoisotopic (exact) mass is 242 g/mol. The molecule has 18 heavy (non-hydrogen) atoms. The smallest absolute Gasteiger partial charge is 0.267 e. The first kappa shape index (κ1) is 12.0. The molecular weight excluding hydrogens is 228 g/mol. The molecule has 1 heterocycles. The number of carbonyl (C=O) groups is 1. The number of primary amides is 1. The Morgan fingerprint density at radius 1 is 1.28 bits per heavy atom. The van der Waals surface area contributed by atoms with E-state index in [2.05, 4.69) is 15.3 Å². The molecule has 0 saturated carbocycles. The van der Waals surface area contributed by atoms with Crippen LogP contribution in [0.4, 0.5) is 5.95 Å². The van der Waals surface area contributed by atoms with Gasteiger partial charge in [0.2, 0.25) is 5.95 Å². The van der Waals surface area contributed by atoms with Gasteiger partial charge >= 0.3 is 0 Å². The molecule has 0 spiro atoms. The molecular formula is C13H14N4O. The van der Waals surface area contributed by atoms with E-state index in [0.29, 0.717) is 18.2 Å². The molecule has 0 unspecified atom stereocenters.